The van der Waals surface area contributed by atoms with E-state index in [0.717, 1.165) is 24.7 Å². The van der Waals surface area contributed by atoms with Gasteiger partial charge in [0.1, 0.15) is 0 Å². The quantitative estimate of drug-likeness (QED) is 0.906. The van der Waals surface area contributed by atoms with Gasteiger partial charge in [-0.2, -0.15) is 0 Å². The third-order valence-corrected chi connectivity index (χ3v) is 3.69. The van der Waals surface area contributed by atoms with Gasteiger partial charge >= 0.3 is 0 Å². The Morgan fingerprint density at radius 2 is 2.21 bits per heavy atom. The summed E-state index contributed by atoms with van der Waals surface area (Å²) in [6.45, 7) is 12.2. The first-order valence-corrected chi connectivity index (χ1v) is 7.37. The van der Waals surface area contributed by atoms with E-state index in [1.807, 2.05) is 6.20 Å². The fourth-order valence-corrected chi connectivity index (χ4v) is 2.64. The molecule has 0 aliphatic carbocycles. The summed E-state index contributed by atoms with van der Waals surface area (Å²) in [4.78, 5) is 6.79. The molecule has 0 amide bonds. The van der Waals surface area contributed by atoms with Gasteiger partial charge in [-0.15, -0.1) is 0 Å². The zero-order chi connectivity index (χ0) is 13.9. The summed E-state index contributed by atoms with van der Waals surface area (Å²) in [5.74, 6) is 0.751. The van der Waals surface area contributed by atoms with Crippen molar-refractivity contribution < 1.29 is 0 Å². The first-order valence-electron chi connectivity index (χ1n) is 7.37. The van der Waals surface area contributed by atoms with E-state index < -0.39 is 0 Å². The van der Waals surface area contributed by atoms with Crippen molar-refractivity contribution in [2.75, 3.05) is 24.5 Å². The number of aryl methyl sites for hydroxylation is 1. The number of rotatable bonds is 3. The number of anilines is 1. The molecule has 1 aliphatic rings. The van der Waals surface area contributed by atoms with Gasteiger partial charge in [-0.05, 0) is 58.6 Å². The van der Waals surface area contributed by atoms with Crippen molar-refractivity contribution in [1.82, 2.24) is 10.3 Å². The number of piperidine rings is 1. The summed E-state index contributed by atoms with van der Waals surface area (Å²) in [6, 6.07) is 4.33. The maximum Gasteiger partial charge on any atom is 0.0399 e. The summed E-state index contributed by atoms with van der Waals surface area (Å²) < 4.78 is 0. The highest BCUT2D eigenvalue weighted by Crippen LogP contribution is 2.23. The topological polar surface area (TPSA) is 28.2 Å². The van der Waals surface area contributed by atoms with Crippen molar-refractivity contribution in [3.63, 3.8) is 0 Å². The van der Waals surface area contributed by atoms with Crippen LogP contribution < -0.4 is 10.2 Å². The molecule has 1 saturated heterocycles. The Hall–Kier alpha value is -1.09. The predicted molar refractivity (Wildman–Crippen MR) is 81.7 cm³/mol. The standard InChI is InChI=1S/C16H27N3/c1-13-10-15(7-8-17-13)19-9-5-6-14(12-19)11-18-16(2,3)4/h7-8,10,14,18H,5-6,9,11-12H2,1-4H3. The molecule has 1 aliphatic heterocycles. The summed E-state index contributed by atoms with van der Waals surface area (Å²) >= 11 is 0. The van der Waals surface area contributed by atoms with E-state index in [2.05, 4.69) is 55.0 Å². The van der Waals surface area contributed by atoms with Crippen molar-refractivity contribution in [3.8, 4) is 0 Å². The third-order valence-electron chi connectivity index (χ3n) is 3.69. The van der Waals surface area contributed by atoms with Crippen LogP contribution in [0.4, 0.5) is 5.69 Å². The van der Waals surface area contributed by atoms with Gasteiger partial charge in [0.2, 0.25) is 0 Å². The Morgan fingerprint density at radius 3 is 2.89 bits per heavy atom. The number of nitrogens with zero attached hydrogens (tertiary/aromatic N) is 2. The molecule has 0 aromatic carbocycles. The van der Waals surface area contributed by atoms with Crippen molar-refractivity contribution in [1.29, 1.82) is 0 Å². The fraction of sp³-hybridized carbons (Fsp3) is 0.688. The van der Waals surface area contributed by atoms with Gasteiger partial charge in [-0.3, -0.25) is 4.98 Å². The lowest BCUT2D eigenvalue weighted by Crippen LogP contribution is -2.44. The minimum atomic E-state index is 0.218. The van der Waals surface area contributed by atoms with Gasteiger partial charge in [0, 0.05) is 42.8 Å². The molecule has 1 unspecified atom stereocenters. The van der Waals surface area contributed by atoms with Crippen molar-refractivity contribution in [2.24, 2.45) is 5.92 Å². The van der Waals surface area contributed by atoms with Crippen LogP contribution in [0.1, 0.15) is 39.3 Å². The minimum Gasteiger partial charge on any atom is -0.371 e. The van der Waals surface area contributed by atoms with E-state index in [1.54, 1.807) is 0 Å². The average molecular weight is 261 g/mol. The summed E-state index contributed by atoms with van der Waals surface area (Å²) in [7, 11) is 0. The molecule has 0 bridgehead atoms. The molecule has 1 aromatic rings. The largest absolute Gasteiger partial charge is 0.371 e. The Balaban J connectivity index is 1.94. The number of nitrogens with one attached hydrogen (secondary N) is 1. The molecule has 3 heteroatoms. The molecule has 1 aromatic heterocycles. The first kappa shape index (κ1) is 14.3. The van der Waals surface area contributed by atoms with Crippen LogP contribution in [-0.4, -0.2) is 30.2 Å². The molecule has 2 heterocycles. The highest BCUT2D eigenvalue weighted by atomic mass is 15.1. The van der Waals surface area contributed by atoms with Gasteiger partial charge in [-0.25, -0.2) is 0 Å². The van der Waals surface area contributed by atoms with Crippen LogP contribution in [0.2, 0.25) is 0 Å². The molecule has 1 fully saturated rings. The molecule has 1 N–H and O–H groups in total. The normalized spacial score (nSPS) is 20.6. The zero-order valence-electron chi connectivity index (χ0n) is 12.7. The van der Waals surface area contributed by atoms with Crippen LogP contribution >= 0.6 is 0 Å². The number of pyridine rings is 1. The summed E-state index contributed by atoms with van der Waals surface area (Å²) in [5.41, 5.74) is 2.65. The maximum absolute atomic E-state index is 4.28. The Bertz CT molecular complexity index is 409. The van der Waals surface area contributed by atoms with Gasteiger partial charge in [0.05, 0.1) is 0 Å². The lowest BCUT2D eigenvalue weighted by molar-refractivity contribution is 0.335. The van der Waals surface area contributed by atoms with Gasteiger partial charge in [0.25, 0.3) is 0 Å². The highest BCUT2D eigenvalue weighted by Gasteiger charge is 2.21. The molecular formula is C16H27N3. The van der Waals surface area contributed by atoms with E-state index in [4.69, 9.17) is 0 Å². The average Bonchev–Trinajstić information content (AvgIpc) is 2.36. The zero-order valence-corrected chi connectivity index (χ0v) is 12.7. The Labute approximate surface area is 117 Å². The molecule has 0 saturated carbocycles. The lowest BCUT2D eigenvalue weighted by atomic mass is 9.96. The van der Waals surface area contributed by atoms with Crippen LogP contribution in [0.5, 0.6) is 0 Å². The molecular weight excluding hydrogens is 234 g/mol. The SMILES string of the molecule is Cc1cc(N2CCCC(CNC(C)(C)C)C2)ccn1. The van der Waals surface area contributed by atoms with Crippen molar-refractivity contribution in [2.45, 2.75) is 46.1 Å². The van der Waals surface area contributed by atoms with Gasteiger partial charge in [-0.1, -0.05) is 0 Å². The molecule has 0 radical (unpaired) electrons. The van der Waals surface area contributed by atoms with Crippen LogP contribution in [0.3, 0.4) is 0 Å². The van der Waals surface area contributed by atoms with Crippen LogP contribution in [0.15, 0.2) is 18.3 Å². The fourth-order valence-electron chi connectivity index (χ4n) is 2.64. The van der Waals surface area contributed by atoms with Crippen LogP contribution in [0.25, 0.3) is 0 Å². The molecule has 2 rings (SSSR count). The van der Waals surface area contributed by atoms with E-state index in [-0.39, 0.29) is 5.54 Å². The van der Waals surface area contributed by atoms with Crippen molar-refractivity contribution in [3.05, 3.63) is 24.0 Å². The Kier molecular flexibility index (Phi) is 4.46. The highest BCUT2D eigenvalue weighted by molar-refractivity contribution is 5.46. The van der Waals surface area contributed by atoms with E-state index in [0.29, 0.717) is 0 Å². The second kappa shape index (κ2) is 5.91. The number of aromatic nitrogens is 1. The molecule has 3 nitrogen and oxygen atoms in total. The first-order chi connectivity index (χ1) is 8.94. The smallest absolute Gasteiger partial charge is 0.0399 e. The van der Waals surface area contributed by atoms with Gasteiger partial charge < -0.3 is 10.2 Å². The second-order valence-electron chi connectivity index (χ2n) is 6.74. The van der Waals surface area contributed by atoms with E-state index in [9.17, 15) is 0 Å². The maximum atomic E-state index is 4.28. The third kappa shape index (κ3) is 4.50. The van der Waals surface area contributed by atoms with E-state index in [1.165, 1.54) is 25.1 Å². The summed E-state index contributed by atoms with van der Waals surface area (Å²) in [6.07, 6.45) is 4.54. The minimum absolute atomic E-state index is 0.218. The Morgan fingerprint density at radius 1 is 1.42 bits per heavy atom. The van der Waals surface area contributed by atoms with Crippen LogP contribution in [0, 0.1) is 12.8 Å². The van der Waals surface area contributed by atoms with Gasteiger partial charge in [0.15, 0.2) is 0 Å². The molecule has 1 atom stereocenters. The van der Waals surface area contributed by atoms with Crippen LogP contribution in [-0.2, 0) is 0 Å². The number of hydrogen-bond acceptors (Lipinski definition) is 3. The van der Waals surface area contributed by atoms with Crippen molar-refractivity contribution >= 4 is 5.69 Å². The molecule has 106 valence electrons. The van der Waals surface area contributed by atoms with E-state index >= 15 is 0 Å². The lowest BCUT2D eigenvalue weighted by Gasteiger charge is -2.36. The monoisotopic (exact) mass is 261 g/mol. The molecule has 19 heavy (non-hydrogen) atoms. The predicted octanol–water partition coefficient (Wildman–Crippen LogP) is 2.99. The second-order valence-corrected chi connectivity index (χ2v) is 6.74. The number of hydrogen-bond donors (Lipinski definition) is 1. The molecule has 0 spiro atoms. The summed E-state index contributed by atoms with van der Waals surface area (Å²) in [5, 5.41) is 3.64.